The summed E-state index contributed by atoms with van der Waals surface area (Å²) in [6, 6.07) is 7.42. The van der Waals surface area contributed by atoms with Crippen molar-refractivity contribution in [2.24, 2.45) is 13.0 Å². The van der Waals surface area contributed by atoms with E-state index in [-0.39, 0.29) is 23.3 Å². The lowest BCUT2D eigenvalue weighted by atomic mass is 10.1. The lowest BCUT2D eigenvalue weighted by molar-refractivity contribution is 0.277. The number of nitrogens with one attached hydrogen (secondary N) is 2. The third-order valence-electron chi connectivity index (χ3n) is 4.87. The number of halogens is 1. The molecule has 1 saturated carbocycles. The Bertz CT molecular complexity index is 945. The fourth-order valence-electron chi connectivity index (χ4n) is 2.99. The summed E-state index contributed by atoms with van der Waals surface area (Å²) in [5.41, 5.74) is 2.75. The maximum Gasteiger partial charge on any atom is 0.254 e. The molecule has 27 heavy (non-hydrogen) atoms. The van der Waals surface area contributed by atoms with Crippen LogP contribution in [0.3, 0.4) is 0 Å². The quantitative estimate of drug-likeness (QED) is 0.656. The second-order valence-electron chi connectivity index (χ2n) is 6.86. The van der Waals surface area contributed by atoms with Crippen LogP contribution in [0.1, 0.15) is 24.5 Å². The van der Waals surface area contributed by atoms with Crippen molar-refractivity contribution in [2.45, 2.75) is 31.9 Å². The Morgan fingerprint density at radius 1 is 1.33 bits per heavy atom. The van der Waals surface area contributed by atoms with E-state index in [0.29, 0.717) is 27.8 Å². The summed E-state index contributed by atoms with van der Waals surface area (Å²) in [6.07, 6.45) is 1.61. The number of aliphatic hydroxyl groups excluding tert-OH is 1. The lowest BCUT2D eigenvalue weighted by Crippen LogP contribution is -2.24. The maximum atomic E-state index is 12.6. The van der Waals surface area contributed by atoms with Gasteiger partial charge in [0.2, 0.25) is 0 Å². The molecule has 6 nitrogen and oxygen atoms in total. The van der Waals surface area contributed by atoms with E-state index >= 15 is 0 Å². The van der Waals surface area contributed by atoms with E-state index < -0.39 is 11.0 Å². The first-order chi connectivity index (χ1) is 12.8. The van der Waals surface area contributed by atoms with Crippen LogP contribution in [0.2, 0.25) is 5.02 Å². The van der Waals surface area contributed by atoms with Crippen LogP contribution in [0.25, 0.3) is 0 Å². The number of aryl methyl sites for hydroxylation is 2. The molecule has 2 aromatic rings. The van der Waals surface area contributed by atoms with Gasteiger partial charge in [0, 0.05) is 19.2 Å². The van der Waals surface area contributed by atoms with Crippen molar-refractivity contribution in [3.05, 3.63) is 50.8 Å². The first kappa shape index (κ1) is 19.9. The van der Waals surface area contributed by atoms with Crippen LogP contribution in [-0.4, -0.2) is 25.7 Å². The number of anilines is 3. The third kappa shape index (κ3) is 4.20. The minimum atomic E-state index is -1.34. The van der Waals surface area contributed by atoms with E-state index in [9.17, 15) is 14.1 Å². The van der Waals surface area contributed by atoms with E-state index in [1.807, 2.05) is 18.2 Å². The van der Waals surface area contributed by atoms with E-state index in [2.05, 4.69) is 17.0 Å². The van der Waals surface area contributed by atoms with Crippen molar-refractivity contribution >= 4 is 39.8 Å². The summed E-state index contributed by atoms with van der Waals surface area (Å²) < 4.78 is 17.0. The standard InChI is InChI=1S/C19H24ClN3O3S/c1-4-12-5-6-15(14(20)8-12)21-18-16(7-11(2)19(25)23(18)3)22-27(26)17-9-13(17)10-24/h5-8,13,17,21-22,24H,4,9-10H2,1-3H3. The Morgan fingerprint density at radius 2 is 2.07 bits per heavy atom. The van der Waals surface area contributed by atoms with Gasteiger partial charge in [-0.25, -0.2) is 4.21 Å². The molecule has 8 heteroatoms. The van der Waals surface area contributed by atoms with Gasteiger partial charge in [0.25, 0.3) is 5.56 Å². The van der Waals surface area contributed by atoms with Crippen LogP contribution in [-0.2, 0) is 24.5 Å². The molecule has 0 bridgehead atoms. The zero-order valence-corrected chi connectivity index (χ0v) is 17.2. The molecule has 1 heterocycles. The molecule has 0 spiro atoms. The highest BCUT2D eigenvalue weighted by Crippen LogP contribution is 2.37. The molecule has 1 aliphatic carbocycles. The zero-order valence-electron chi connectivity index (χ0n) is 15.6. The normalized spacial score (nSPS) is 19.6. The zero-order chi connectivity index (χ0) is 19.7. The summed E-state index contributed by atoms with van der Waals surface area (Å²) in [7, 11) is 0.319. The minimum Gasteiger partial charge on any atom is -0.396 e. The molecular weight excluding hydrogens is 386 g/mol. The molecule has 3 unspecified atom stereocenters. The second-order valence-corrected chi connectivity index (χ2v) is 8.67. The van der Waals surface area contributed by atoms with Crippen molar-refractivity contribution in [1.29, 1.82) is 0 Å². The number of hydrogen-bond acceptors (Lipinski definition) is 4. The molecule has 146 valence electrons. The summed E-state index contributed by atoms with van der Waals surface area (Å²) >= 11 is 6.38. The van der Waals surface area contributed by atoms with Gasteiger partial charge >= 0.3 is 0 Å². The average Bonchev–Trinajstić information content (AvgIpc) is 3.44. The van der Waals surface area contributed by atoms with Gasteiger partial charge in [0.05, 0.1) is 21.6 Å². The van der Waals surface area contributed by atoms with Crippen LogP contribution in [0, 0.1) is 12.8 Å². The van der Waals surface area contributed by atoms with Crippen LogP contribution in [0.15, 0.2) is 29.1 Å². The van der Waals surface area contributed by atoms with Gasteiger partial charge in [-0.15, -0.1) is 0 Å². The predicted octanol–water partition coefficient (Wildman–Crippen LogP) is 3.11. The largest absolute Gasteiger partial charge is 0.396 e. The number of rotatable bonds is 7. The topological polar surface area (TPSA) is 83.4 Å². The highest BCUT2D eigenvalue weighted by Gasteiger charge is 2.42. The van der Waals surface area contributed by atoms with Gasteiger partial charge in [-0.2, -0.15) is 0 Å². The number of nitrogens with zero attached hydrogens (tertiary/aromatic N) is 1. The molecule has 3 rings (SSSR count). The second kappa shape index (κ2) is 8.04. The summed E-state index contributed by atoms with van der Waals surface area (Å²) in [6.45, 7) is 3.81. The maximum absolute atomic E-state index is 12.6. The Hall–Kier alpha value is -1.83. The van der Waals surface area contributed by atoms with Crippen molar-refractivity contribution in [3.63, 3.8) is 0 Å². The van der Waals surface area contributed by atoms with E-state index in [0.717, 1.165) is 18.4 Å². The Balaban J connectivity index is 1.94. The number of benzene rings is 1. The first-order valence-electron chi connectivity index (χ1n) is 8.89. The Kier molecular flexibility index (Phi) is 5.93. The van der Waals surface area contributed by atoms with Crippen LogP contribution in [0.4, 0.5) is 17.2 Å². The Morgan fingerprint density at radius 3 is 2.67 bits per heavy atom. The monoisotopic (exact) mass is 409 g/mol. The molecule has 0 saturated heterocycles. The molecule has 0 aliphatic heterocycles. The number of aromatic nitrogens is 1. The average molecular weight is 410 g/mol. The fraction of sp³-hybridized carbons (Fsp3) is 0.421. The van der Waals surface area contributed by atoms with E-state index in [1.165, 1.54) is 4.57 Å². The number of hydrogen-bond donors (Lipinski definition) is 3. The van der Waals surface area contributed by atoms with Crippen molar-refractivity contribution in [1.82, 2.24) is 4.57 Å². The molecule has 3 N–H and O–H groups in total. The molecule has 1 fully saturated rings. The summed E-state index contributed by atoms with van der Waals surface area (Å²) in [5.74, 6) is 0.561. The summed E-state index contributed by atoms with van der Waals surface area (Å²) in [4.78, 5) is 12.4. The minimum absolute atomic E-state index is 0.0366. The van der Waals surface area contributed by atoms with Gasteiger partial charge in [-0.3, -0.25) is 9.36 Å². The SMILES string of the molecule is CCc1ccc(Nc2c(NS(=O)C3CC3CO)cc(C)c(=O)n2C)c(Cl)c1. The van der Waals surface area contributed by atoms with E-state index in [4.69, 9.17) is 11.6 Å². The van der Waals surface area contributed by atoms with E-state index in [1.54, 1.807) is 20.0 Å². The van der Waals surface area contributed by atoms with Gasteiger partial charge in [0.1, 0.15) is 16.8 Å². The van der Waals surface area contributed by atoms with Crippen molar-refractivity contribution in [2.75, 3.05) is 16.6 Å². The van der Waals surface area contributed by atoms with Crippen LogP contribution < -0.4 is 15.6 Å². The fourth-order valence-corrected chi connectivity index (χ4v) is 4.62. The number of aliphatic hydroxyl groups is 1. The highest BCUT2D eigenvalue weighted by atomic mass is 35.5. The molecule has 0 radical (unpaired) electrons. The molecule has 0 amide bonds. The first-order valence-corrected chi connectivity index (χ1v) is 10.5. The summed E-state index contributed by atoms with van der Waals surface area (Å²) in [5, 5.41) is 12.9. The molecule has 1 aromatic carbocycles. The molecule has 3 atom stereocenters. The van der Waals surface area contributed by atoms with Gasteiger partial charge in [-0.05, 0) is 49.4 Å². The number of pyridine rings is 1. The van der Waals surface area contributed by atoms with Crippen molar-refractivity contribution < 1.29 is 9.32 Å². The highest BCUT2D eigenvalue weighted by molar-refractivity contribution is 7.87. The third-order valence-corrected chi connectivity index (χ3v) is 6.73. The smallest absolute Gasteiger partial charge is 0.254 e. The van der Waals surface area contributed by atoms with Crippen LogP contribution >= 0.6 is 11.6 Å². The Labute approximate surface area is 166 Å². The molecular formula is C19H24ClN3O3S. The predicted molar refractivity (Wildman–Crippen MR) is 111 cm³/mol. The van der Waals surface area contributed by atoms with Gasteiger partial charge < -0.3 is 15.1 Å². The van der Waals surface area contributed by atoms with Gasteiger partial charge in [0.15, 0.2) is 0 Å². The van der Waals surface area contributed by atoms with Crippen molar-refractivity contribution in [3.8, 4) is 0 Å². The lowest BCUT2D eigenvalue weighted by Gasteiger charge is -2.19. The van der Waals surface area contributed by atoms with Gasteiger partial charge in [-0.1, -0.05) is 24.6 Å². The molecule has 1 aliphatic rings. The molecule has 1 aromatic heterocycles. The van der Waals surface area contributed by atoms with Crippen LogP contribution in [0.5, 0.6) is 0 Å².